The molecule has 2 aromatic carbocycles. The van der Waals surface area contributed by atoms with Gasteiger partial charge in [0.05, 0.1) is 17.5 Å². The van der Waals surface area contributed by atoms with Crippen molar-refractivity contribution >= 4 is 29.0 Å². The van der Waals surface area contributed by atoms with E-state index in [1.807, 2.05) is 44.2 Å². The molecule has 0 fully saturated rings. The Morgan fingerprint density at radius 2 is 2.08 bits per heavy atom. The fourth-order valence-electron chi connectivity index (χ4n) is 2.68. The summed E-state index contributed by atoms with van der Waals surface area (Å²) in [6, 6.07) is 12.8. The molecule has 0 bridgehead atoms. The molecule has 0 aliphatic rings. The Kier molecular flexibility index (Phi) is 4.79. The molecule has 3 rings (SSSR count). The zero-order chi connectivity index (χ0) is 18.7. The van der Waals surface area contributed by atoms with E-state index in [2.05, 4.69) is 20.5 Å². The summed E-state index contributed by atoms with van der Waals surface area (Å²) < 4.78 is 0. The van der Waals surface area contributed by atoms with Gasteiger partial charge in [-0.1, -0.05) is 12.1 Å². The van der Waals surface area contributed by atoms with Crippen LogP contribution < -0.4 is 11.1 Å². The second kappa shape index (κ2) is 7.18. The first-order chi connectivity index (χ1) is 12.5. The summed E-state index contributed by atoms with van der Waals surface area (Å²) in [5.74, 6) is -0.0481. The first kappa shape index (κ1) is 17.3. The van der Waals surface area contributed by atoms with Gasteiger partial charge in [-0.25, -0.2) is 4.99 Å². The maximum atomic E-state index is 12.3. The number of benzene rings is 2. The fourth-order valence-corrected chi connectivity index (χ4v) is 2.68. The van der Waals surface area contributed by atoms with Gasteiger partial charge in [0, 0.05) is 28.1 Å². The number of hydrogen-bond donors (Lipinski definition) is 4. The lowest BCUT2D eigenvalue weighted by Crippen LogP contribution is -2.30. The normalized spacial score (nSPS) is 11.3. The molecule has 0 saturated heterocycles. The number of amidine groups is 1. The quantitative estimate of drug-likeness (QED) is 0.428. The van der Waals surface area contributed by atoms with Crippen molar-refractivity contribution in [2.24, 2.45) is 10.7 Å². The van der Waals surface area contributed by atoms with Crippen molar-refractivity contribution in [3.63, 3.8) is 0 Å². The van der Waals surface area contributed by atoms with Gasteiger partial charge in [0.15, 0.2) is 5.84 Å². The Balaban J connectivity index is 2.04. The molecule has 0 unspecified atom stereocenters. The first-order valence-electron chi connectivity index (χ1n) is 8.22. The highest BCUT2D eigenvalue weighted by atomic mass is 16.1. The SMILES string of the molecule is CC(C)NC(=O)c1cccc(-c2n[nH]c3ccc(C(=N)/N=C\N)cc23)c1. The lowest BCUT2D eigenvalue weighted by Gasteiger charge is -2.09. The molecule has 132 valence electrons. The van der Waals surface area contributed by atoms with Crippen molar-refractivity contribution in [1.29, 1.82) is 5.41 Å². The van der Waals surface area contributed by atoms with Crippen LogP contribution in [0.15, 0.2) is 47.5 Å². The van der Waals surface area contributed by atoms with E-state index in [-0.39, 0.29) is 17.8 Å². The molecule has 26 heavy (non-hydrogen) atoms. The van der Waals surface area contributed by atoms with Crippen molar-refractivity contribution in [2.75, 3.05) is 0 Å². The van der Waals surface area contributed by atoms with Crippen LogP contribution >= 0.6 is 0 Å². The summed E-state index contributed by atoms with van der Waals surface area (Å²) in [6.45, 7) is 3.84. The number of aromatic amines is 1. The highest BCUT2D eigenvalue weighted by Gasteiger charge is 2.13. The molecule has 0 atom stereocenters. The molecular weight excluding hydrogens is 328 g/mol. The van der Waals surface area contributed by atoms with Crippen LogP contribution in [0.3, 0.4) is 0 Å². The van der Waals surface area contributed by atoms with Crippen molar-refractivity contribution in [1.82, 2.24) is 15.5 Å². The predicted octanol–water partition coefficient (Wildman–Crippen LogP) is 2.68. The van der Waals surface area contributed by atoms with Gasteiger partial charge in [-0.05, 0) is 44.2 Å². The van der Waals surface area contributed by atoms with E-state index in [0.29, 0.717) is 16.8 Å². The third kappa shape index (κ3) is 3.46. The molecule has 1 heterocycles. The number of carbonyl (C=O) groups is 1. The van der Waals surface area contributed by atoms with Crippen LogP contribution in [-0.2, 0) is 0 Å². The zero-order valence-electron chi connectivity index (χ0n) is 14.6. The van der Waals surface area contributed by atoms with Crippen LogP contribution in [0.2, 0.25) is 0 Å². The summed E-state index contributed by atoms with van der Waals surface area (Å²) in [5.41, 5.74) is 8.85. The molecule has 7 heteroatoms. The van der Waals surface area contributed by atoms with Crippen LogP contribution in [-0.4, -0.2) is 34.3 Å². The van der Waals surface area contributed by atoms with E-state index in [1.54, 1.807) is 12.1 Å². The summed E-state index contributed by atoms with van der Waals surface area (Å²) >= 11 is 0. The molecule has 0 saturated carbocycles. The van der Waals surface area contributed by atoms with Crippen molar-refractivity contribution < 1.29 is 4.79 Å². The number of nitrogens with zero attached hydrogens (tertiary/aromatic N) is 2. The van der Waals surface area contributed by atoms with Crippen molar-refractivity contribution in [3.05, 3.63) is 53.6 Å². The fraction of sp³-hybridized carbons (Fsp3) is 0.158. The van der Waals surface area contributed by atoms with Gasteiger partial charge in [0.1, 0.15) is 0 Å². The van der Waals surface area contributed by atoms with Gasteiger partial charge in [0.25, 0.3) is 5.91 Å². The van der Waals surface area contributed by atoms with E-state index in [0.717, 1.165) is 22.8 Å². The van der Waals surface area contributed by atoms with Gasteiger partial charge in [-0.15, -0.1) is 0 Å². The van der Waals surface area contributed by atoms with E-state index >= 15 is 0 Å². The summed E-state index contributed by atoms with van der Waals surface area (Å²) in [5, 5.41) is 19.0. The Morgan fingerprint density at radius 3 is 2.81 bits per heavy atom. The topological polar surface area (TPSA) is 120 Å². The molecule has 0 radical (unpaired) electrons. The maximum absolute atomic E-state index is 12.3. The number of aromatic nitrogens is 2. The monoisotopic (exact) mass is 348 g/mol. The number of aliphatic imine (C=N–C) groups is 1. The van der Waals surface area contributed by atoms with E-state index < -0.39 is 0 Å². The molecular formula is C19H20N6O. The average molecular weight is 348 g/mol. The molecule has 0 spiro atoms. The van der Waals surface area contributed by atoms with Crippen LogP contribution in [0.25, 0.3) is 22.2 Å². The van der Waals surface area contributed by atoms with Crippen molar-refractivity contribution in [3.8, 4) is 11.3 Å². The standard InChI is InChI=1S/C19H20N6O/c1-11(2)23-19(26)14-5-3-4-12(8-14)17-15-9-13(18(21)22-10-20)6-7-16(15)24-25-17/h3-11H,1-2H3,(H,23,26)(H,24,25)(H3,20,21,22). The predicted molar refractivity (Wildman–Crippen MR) is 104 cm³/mol. The van der Waals surface area contributed by atoms with Gasteiger partial charge in [-0.2, -0.15) is 5.10 Å². The smallest absolute Gasteiger partial charge is 0.251 e. The number of nitrogens with one attached hydrogen (secondary N) is 3. The molecule has 0 aliphatic heterocycles. The third-order valence-corrected chi connectivity index (χ3v) is 3.86. The van der Waals surface area contributed by atoms with Crippen molar-refractivity contribution in [2.45, 2.75) is 19.9 Å². The Bertz CT molecular complexity index is 1000. The third-order valence-electron chi connectivity index (χ3n) is 3.86. The lowest BCUT2D eigenvalue weighted by atomic mass is 10.0. The molecule has 5 N–H and O–H groups in total. The lowest BCUT2D eigenvalue weighted by molar-refractivity contribution is 0.0943. The van der Waals surface area contributed by atoms with Crippen LogP contribution in [0.1, 0.15) is 29.8 Å². The second-order valence-corrected chi connectivity index (χ2v) is 6.17. The minimum Gasteiger partial charge on any atom is -0.390 e. The highest BCUT2D eigenvalue weighted by Crippen LogP contribution is 2.28. The zero-order valence-corrected chi connectivity index (χ0v) is 14.6. The second-order valence-electron chi connectivity index (χ2n) is 6.17. The van der Waals surface area contributed by atoms with Gasteiger partial charge >= 0.3 is 0 Å². The number of fused-ring (bicyclic) bond motifs is 1. The summed E-state index contributed by atoms with van der Waals surface area (Å²) in [6.07, 6.45) is 1.10. The van der Waals surface area contributed by atoms with Crippen LogP contribution in [0, 0.1) is 5.41 Å². The maximum Gasteiger partial charge on any atom is 0.251 e. The summed E-state index contributed by atoms with van der Waals surface area (Å²) in [7, 11) is 0. The number of nitrogens with two attached hydrogens (primary N) is 1. The minimum atomic E-state index is -0.124. The van der Waals surface area contributed by atoms with Gasteiger partial charge < -0.3 is 11.1 Å². The Morgan fingerprint density at radius 1 is 1.27 bits per heavy atom. The highest BCUT2D eigenvalue weighted by molar-refractivity contribution is 6.05. The summed E-state index contributed by atoms with van der Waals surface area (Å²) in [4.78, 5) is 16.1. The van der Waals surface area contributed by atoms with E-state index in [9.17, 15) is 4.79 Å². The number of amides is 1. The average Bonchev–Trinajstić information content (AvgIpc) is 3.04. The van der Waals surface area contributed by atoms with Crippen LogP contribution in [0.4, 0.5) is 0 Å². The van der Waals surface area contributed by atoms with Gasteiger partial charge in [-0.3, -0.25) is 15.3 Å². The molecule has 7 nitrogen and oxygen atoms in total. The molecule has 1 amide bonds. The Hall–Kier alpha value is -3.48. The number of hydrogen-bond acceptors (Lipinski definition) is 3. The minimum absolute atomic E-state index is 0.0639. The largest absolute Gasteiger partial charge is 0.390 e. The molecule has 0 aliphatic carbocycles. The number of H-pyrrole nitrogens is 1. The van der Waals surface area contributed by atoms with E-state index in [1.165, 1.54) is 0 Å². The van der Waals surface area contributed by atoms with E-state index in [4.69, 9.17) is 11.1 Å². The Labute approximate surface area is 150 Å². The first-order valence-corrected chi connectivity index (χ1v) is 8.22. The molecule has 3 aromatic rings. The van der Waals surface area contributed by atoms with Crippen LogP contribution in [0.5, 0.6) is 0 Å². The number of carbonyl (C=O) groups excluding carboxylic acids is 1. The molecule has 1 aromatic heterocycles. The number of rotatable bonds is 4. The van der Waals surface area contributed by atoms with Gasteiger partial charge in [0.2, 0.25) is 0 Å².